The number of rotatable bonds is 3. The Morgan fingerprint density at radius 3 is 2.33 bits per heavy atom. The number of benzene rings is 2. The van der Waals surface area contributed by atoms with Crippen LogP contribution in [0.15, 0.2) is 42.5 Å². The van der Waals surface area contributed by atoms with Crippen LogP contribution in [0.4, 0.5) is 0 Å². The van der Waals surface area contributed by atoms with Crippen molar-refractivity contribution in [1.82, 2.24) is 0 Å². The normalized spacial score (nSPS) is 10.8. The van der Waals surface area contributed by atoms with Gasteiger partial charge in [0.25, 0.3) is 0 Å². The zero-order chi connectivity index (χ0) is 13.0. The Hall–Kier alpha value is -2.22. The van der Waals surface area contributed by atoms with Crippen LogP contribution in [-0.2, 0) is 0 Å². The van der Waals surface area contributed by atoms with Crippen LogP contribution in [0.1, 0.15) is 16.7 Å². The summed E-state index contributed by atoms with van der Waals surface area (Å²) in [5, 5.41) is 9.34. The zero-order valence-corrected chi connectivity index (χ0v) is 10.6. The Labute approximate surface area is 107 Å². The van der Waals surface area contributed by atoms with Gasteiger partial charge in [-0.15, -0.1) is 0 Å². The molecule has 0 bridgehead atoms. The molecule has 0 aliphatic carbocycles. The lowest BCUT2D eigenvalue weighted by Crippen LogP contribution is -1.82. The van der Waals surface area contributed by atoms with Gasteiger partial charge in [-0.2, -0.15) is 0 Å². The van der Waals surface area contributed by atoms with Crippen molar-refractivity contribution >= 4 is 12.2 Å². The van der Waals surface area contributed by atoms with Crippen molar-refractivity contribution in [3.05, 3.63) is 59.2 Å². The fourth-order valence-electron chi connectivity index (χ4n) is 1.75. The number of hydrogen-bond acceptors (Lipinski definition) is 2. The Bertz CT molecular complexity index is 554. The van der Waals surface area contributed by atoms with Gasteiger partial charge in [0.1, 0.15) is 11.5 Å². The fourth-order valence-corrected chi connectivity index (χ4v) is 1.75. The number of aryl methyl sites for hydroxylation is 1. The van der Waals surface area contributed by atoms with Crippen LogP contribution in [-0.4, -0.2) is 12.2 Å². The predicted octanol–water partition coefficient (Wildman–Crippen LogP) is 3.88. The quantitative estimate of drug-likeness (QED) is 0.825. The first-order chi connectivity index (χ1) is 8.69. The van der Waals surface area contributed by atoms with Crippen molar-refractivity contribution in [2.24, 2.45) is 0 Å². The van der Waals surface area contributed by atoms with Gasteiger partial charge in [-0.3, -0.25) is 0 Å². The van der Waals surface area contributed by atoms with Gasteiger partial charge in [0.2, 0.25) is 0 Å². The Morgan fingerprint density at radius 2 is 1.72 bits per heavy atom. The molecule has 2 nitrogen and oxygen atoms in total. The molecule has 0 amide bonds. The van der Waals surface area contributed by atoms with Gasteiger partial charge < -0.3 is 9.84 Å². The molecule has 0 atom stereocenters. The second-order valence-electron chi connectivity index (χ2n) is 4.15. The van der Waals surface area contributed by atoms with Gasteiger partial charge in [-0.1, -0.05) is 30.4 Å². The van der Waals surface area contributed by atoms with Crippen LogP contribution in [0.2, 0.25) is 0 Å². The minimum absolute atomic E-state index is 0.300. The minimum atomic E-state index is 0.300. The van der Waals surface area contributed by atoms with Gasteiger partial charge in [-0.05, 0) is 47.9 Å². The second kappa shape index (κ2) is 5.41. The van der Waals surface area contributed by atoms with E-state index in [2.05, 4.69) is 0 Å². The van der Waals surface area contributed by atoms with Crippen molar-refractivity contribution < 1.29 is 9.84 Å². The first-order valence-electron chi connectivity index (χ1n) is 5.81. The molecule has 92 valence electrons. The molecule has 0 radical (unpaired) electrons. The molecule has 0 aliphatic rings. The summed E-state index contributed by atoms with van der Waals surface area (Å²) in [6.07, 6.45) is 4.08. The molecular weight excluding hydrogens is 224 g/mol. The van der Waals surface area contributed by atoms with Crippen molar-refractivity contribution in [3.63, 3.8) is 0 Å². The molecule has 0 aliphatic heterocycles. The van der Waals surface area contributed by atoms with E-state index in [4.69, 9.17) is 4.74 Å². The average molecular weight is 240 g/mol. The van der Waals surface area contributed by atoms with E-state index in [0.717, 1.165) is 22.4 Å². The molecule has 0 aromatic heterocycles. The molecule has 2 aromatic carbocycles. The molecular formula is C16H16O2. The van der Waals surface area contributed by atoms with Crippen LogP contribution < -0.4 is 4.74 Å². The highest BCUT2D eigenvalue weighted by Crippen LogP contribution is 2.19. The topological polar surface area (TPSA) is 29.5 Å². The molecule has 18 heavy (non-hydrogen) atoms. The summed E-state index contributed by atoms with van der Waals surface area (Å²) < 4.78 is 5.11. The van der Waals surface area contributed by atoms with Crippen molar-refractivity contribution in [2.75, 3.05) is 7.11 Å². The number of hydrogen-bond donors (Lipinski definition) is 1. The van der Waals surface area contributed by atoms with E-state index in [1.54, 1.807) is 19.2 Å². The van der Waals surface area contributed by atoms with Crippen LogP contribution >= 0.6 is 0 Å². The predicted molar refractivity (Wildman–Crippen MR) is 74.8 cm³/mol. The lowest BCUT2D eigenvalue weighted by molar-refractivity contribution is 0.415. The van der Waals surface area contributed by atoms with Crippen LogP contribution in [0.3, 0.4) is 0 Å². The van der Waals surface area contributed by atoms with Gasteiger partial charge in [-0.25, -0.2) is 0 Å². The van der Waals surface area contributed by atoms with E-state index in [-0.39, 0.29) is 0 Å². The highest BCUT2D eigenvalue weighted by molar-refractivity contribution is 5.71. The summed E-state index contributed by atoms with van der Waals surface area (Å²) in [6.45, 7) is 1.98. The van der Waals surface area contributed by atoms with Crippen LogP contribution in [0.25, 0.3) is 12.2 Å². The molecule has 2 rings (SSSR count). The smallest absolute Gasteiger partial charge is 0.118 e. The molecule has 0 heterocycles. The summed E-state index contributed by atoms with van der Waals surface area (Å²) >= 11 is 0. The molecule has 2 aromatic rings. The van der Waals surface area contributed by atoms with E-state index in [9.17, 15) is 5.11 Å². The molecule has 0 saturated carbocycles. The molecule has 0 fully saturated rings. The standard InChI is InChI=1S/C16H16O2/c1-12-11-15(17)8-7-14(12)6-3-13-4-9-16(18-2)10-5-13/h3-11,17H,1-2H3. The fraction of sp³-hybridized carbons (Fsp3) is 0.125. The Morgan fingerprint density at radius 1 is 1.00 bits per heavy atom. The maximum atomic E-state index is 9.34. The maximum absolute atomic E-state index is 9.34. The molecule has 0 spiro atoms. The van der Waals surface area contributed by atoms with Gasteiger partial charge >= 0.3 is 0 Å². The largest absolute Gasteiger partial charge is 0.508 e. The number of methoxy groups -OCH3 is 1. The second-order valence-corrected chi connectivity index (χ2v) is 4.15. The molecule has 1 N–H and O–H groups in total. The SMILES string of the molecule is COc1ccc(C=Cc2ccc(O)cc2C)cc1. The van der Waals surface area contributed by atoms with E-state index in [1.807, 2.05) is 49.4 Å². The third kappa shape index (κ3) is 2.92. The number of ether oxygens (including phenoxy) is 1. The highest BCUT2D eigenvalue weighted by atomic mass is 16.5. The van der Waals surface area contributed by atoms with Crippen molar-refractivity contribution in [3.8, 4) is 11.5 Å². The minimum Gasteiger partial charge on any atom is -0.508 e. The van der Waals surface area contributed by atoms with E-state index >= 15 is 0 Å². The summed E-state index contributed by atoms with van der Waals surface area (Å²) in [5.41, 5.74) is 3.27. The van der Waals surface area contributed by atoms with Crippen LogP contribution in [0, 0.1) is 6.92 Å². The summed E-state index contributed by atoms with van der Waals surface area (Å²) in [7, 11) is 1.66. The van der Waals surface area contributed by atoms with E-state index in [0.29, 0.717) is 5.75 Å². The number of aromatic hydroxyl groups is 1. The van der Waals surface area contributed by atoms with Crippen molar-refractivity contribution in [2.45, 2.75) is 6.92 Å². The first-order valence-corrected chi connectivity index (χ1v) is 5.81. The van der Waals surface area contributed by atoms with Crippen LogP contribution in [0.5, 0.6) is 11.5 Å². The van der Waals surface area contributed by atoms with Crippen molar-refractivity contribution in [1.29, 1.82) is 0 Å². The lowest BCUT2D eigenvalue weighted by Gasteiger charge is -2.02. The Balaban J connectivity index is 2.19. The van der Waals surface area contributed by atoms with E-state index in [1.165, 1.54) is 0 Å². The summed E-state index contributed by atoms with van der Waals surface area (Å²) in [6, 6.07) is 13.2. The number of phenolic OH excluding ortho intramolecular Hbond substituents is 1. The lowest BCUT2D eigenvalue weighted by atomic mass is 10.1. The van der Waals surface area contributed by atoms with E-state index < -0.39 is 0 Å². The molecule has 0 unspecified atom stereocenters. The average Bonchev–Trinajstić information content (AvgIpc) is 2.38. The summed E-state index contributed by atoms with van der Waals surface area (Å²) in [5.74, 6) is 1.15. The summed E-state index contributed by atoms with van der Waals surface area (Å²) in [4.78, 5) is 0. The monoisotopic (exact) mass is 240 g/mol. The zero-order valence-electron chi connectivity index (χ0n) is 10.6. The molecule has 2 heteroatoms. The highest BCUT2D eigenvalue weighted by Gasteiger charge is 1.96. The third-order valence-electron chi connectivity index (χ3n) is 2.82. The van der Waals surface area contributed by atoms with Gasteiger partial charge in [0.05, 0.1) is 7.11 Å². The molecule has 0 saturated heterocycles. The van der Waals surface area contributed by atoms with Gasteiger partial charge in [0.15, 0.2) is 0 Å². The Kier molecular flexibility index (Phi) is 3.68. The first kappa shape index (κ1) is 12.2. The third-order valence-corrected chi connectivity index (χ3v) is 2.82. The maximum Gasteiger partial charge on any atom is 0.118 e. The van der Waals surface area contributed by atoms with Gasteiger partial charge in [0, 0.05) is 0 Å². The number of phenols is 1.